The van der Waals surface area contributed by atoms with Crippen LogP contribution in [0.5, 0.6) is 0 Å². The molecule has 0 saturated heterocycles. The van der Waals surface area contributed by atoms with Crippen molar-refractivity contribution in [3.05, 3.63) is 11.6 Å². The Morgan fingerprint density at radius 2 is 2.11 bits per heavy atom. The fourth-order valence-electron chi connectivity index (χ4n) is 2.48. The van der Waals surface area contributed by atoms with E-state index in [1.165, 1.54) is 12.8 Å². The third-order valence-electron chi connectivity index (χ3n) is 3.55. The number of nitrogens with zero attached hydrogens (tertiary/aromatic N) is 4. The van der Waals surface area contributed by atoms with Crippen LogP contribution in [-0.2, 0) is 19.5 Å². The molecule has 102 valence electrons. The highest BCUT2D eigenvalue weighted by molar-refractivity contribution is 4.98. The summed E-state index contributed by atoms with van der Waals surface area (Å²) in [6, 6.07) is 0. The summed E-state index contributed by atoms with van der Waals surface area (Å²) in [5.41, 5.74) is 0. The van der Waals surface area contributed by atoms with Crippen molar-refractivity contribution in [3.63, 3.8) is 0 Å². The summed E-state index contributed by atoms with van der Waals surface area (Å²) in [5.74, 6) is 2.26. The molecule has 0 atom stereocenters. The number of aromatic nitrogens is 3. The second-order valence-corrected chi connectivity index (χ2v) is 5.16. The van der Waals surface area contributed by atoms with Gasteiger partial charge in [0.2, 0.25) is 0 Å². The average molecular weight is 252 g/mol. The van der Waals surface area contributed by atoms with Crippen LogP contribution in [0.4, 0.5) is 0 Å². The van der Waals surface area contributed by atoms with E-state index in [4.69, 9.17) is 5.11 Å². The summed E-state index contributed by atoms with van der Waals surface area (Å²) in [7, 11) is 2.13. The molecule has 5 nitrogen and oxygen atoms in total. The average Bonchev–Trinajstić information content (AvgIpc) is 2.78. The first-order valence-electron chi connectivity index (χ1n) is 7.01. The molecular formula is C13H24N4O. The molecule has 1 aliphatic heterocycles. The van der Waals surface area contributed by atoms with Crippen molar-refractivity contribution < 1.29 is 5.11 Å². The molecule has 0 saturated carbocycles. The van der Waals surface area contributed by atoms with Crippen molar-refractivity contribution in [3.8, 4) is 0 Å². The van der Waals surface area contributed by atoms with Crippen LogP contribution in [0.2, 0.25) is 0 Å². The van der Waals surface area contributed by atoms with Crippen molar-refractivity contribution in [1.29, 1.82) is 0 Å². The van der Waals surface area contributed by atoms with Gasteiger partial charge in [-0.3, -0.25) is 4.90 Å². The maximum atomic E-state index is 8.74. The molecule has 0 aliphatic carbocycles. The monoisotopic (exact) mass is 252 g/mol. The fourth-order valence-corrected chi connectivity index (χ4v) is 2.48. The molecule has 0 fully saturated rings. The minimum Gasteiger partial charge on any atom is -0.396 e. The van der Waals surface area contributed by atoms with E-state index in [9.17, 15) is 0 Å². The number of aliphatic hydroxyl groups excluding tert-OH is 1. The standard InChI is InChI=1S/C13H24N4O/c1-16(8-4-2-6-10-18)11-13-15-14-12-7-3-5-9-17(12)13/h18H,2-11H2,1H3. The molecule has 0 amide bonds. The van der Waals surface area contributed by atoms with Crippen molar-refractivity contribution in [2.75, 3.05) is 20.2 Å². The number of rotatable bonds is 7. The Kier molecular flexibility index (Phi) is 5.13. The Bertz CT molecular complexity index is 364. The van der Waals surface area contributed by atoms with Gasteiger partial charge in [-0.1, -0.05) is 0 Å². The van der Waals surface area contributed by atoms with Gasteiger partial charge in [0.1, 0.15) is 11.6 Å². The molecule has 18 heavy (non-hydrogen) atoms. The summed E-state index contributed by atoms with van der Waals surface area (Å²) in [5, 5.41) is 17.3. The summed E-state index contributed by atoms with van der Waals surface area (Å²) < 4.78 is 2.29. The van der Waals surface area contributed by atoms with Crippen LogP contribution in [0.15, 0.2) is 0 Å². The molecular weight excluding hydrogens is 228 g/mol. The van der Waals surface area contributed by atoms with Crippen LogP contribution in [0, 0.1) is 0 Å². The highest BCUT2D eigenvalue weighted by atomic mass is 16.2. The van der Waals surface area contributed by atoms with Crippen LogP contribution in [0.1, 0.15) is 43.8 Å². The van der Waals surface area contributed by atoms with E-state index in [0.29, 0.717) is 6.61 Å². The minimum absolute atomic E-state index is 0.307. The van der Waals surface area contributed by atoms with Gasteiger partial charge in [-0.2, -0.15) is 0 Å². The van der Waals surface area contributed by atoms with Crippen molar-refractivity contribution >= 4 is 0 Å². The summed E-state index contributed by atoms with van der Waals surface area (Å²) in [4.78, 5) is 2.29. The number of hydrogen-bond donors (Lipinski definition) is 1. The lowest BCUT2D eigenvalue weighted by molar-refractivity contribution is 0.268. The van der Waals surface area contributed by atoms with Gasteiger partial charge >= 0.3 is 0 Å². The zero-order valence-corrected chi connectivity index (χ0v) is 11.3. The van der Waals surface area contributed by atoms with Crippen LogP contribution >= 0.6 is 0 Å². The second kappa shape index (κ2) is 6.85. The van der Waals surface area contributed by atoms with E-state index >= 15 is 0 Å². The van der Waals surface area contributed by atoms with Gasteiger partial charge in [0.05, 0.1) is 6.54 Å². The number of unbranched alkanes of at least 4 members (excludes halogenated alkanes) is 2. The second-order valence-electron chi connectivity index (χ2n) is 5.16. The predicted octanol–water partition coefficient (Wildman–Crippen LogP) is 1.21. The van der Waals surface area contributed by atoms with Crippen LogP contribution in [-0.4, -0.2) is 45.0 Å². The Morgan fingerprint density at radius 3 is 2.94 bits per heavy atom. The lowest BCUT2D eigenvalue weighted by Crippen LogP contribution is -2.23. The van der Waals surface area contributed by atoms with Crippen LogP contribution < -0.4 is 0 Å². The Hall–Kier alpha value is -0.940. The summed E-state index contributed by atoms with van der Waals surface area (Å²) in [6.07, 6.45) is 6.71. The molecule has 0 radical (unpaired) electrons. The molecule has 1 aliphatic rings. The normalized spacial score (nSPS) is 15.1. The first-order chi connectivity index (χ1) is 8.81. The molecule has 2 rings (SSSR count). The molecule has 1 N–H and O–H groups in total. The van der Waals surface area contributed by atoms with E-state index in [1.54, 1.807) is 0 Å². The highest BCUT2D eigenvalue weighted by Gasteiger charge is 2.16. The number of hydrogen-bond acceptors (Lipinski definition) is 4. The Labute approximate surface area is 109 Å². The minimum atomic E-state index is 0.307. The lowest BCUT2D eigenvalue weighted by Gasteiger charge is -2.19. The molecule has 2 heterocycles. The van der Waals surface area contributed by atoms with Crippen LogP contribution in [0.3, 0.4) is 0 Å². The molecule has 1 aromatic rings. The first kappa shape index (κ1) is 13.5. The summed E-state index contributed by atoms with van der Waals surface area (Å²) in [6.45, 7) is 3.33. The fraction of sp³-hybridized carbons (Fsp3) is 0.846. The molecule has 1 aromatic heterocycles. The SMILES string of the molecule is CN(CCCCCO)Cc1nnc2n1CCCC2. The molecule has 0 bridgehead atoms. The quantitative estimate of drug-likeness (QED) is 0.741. The van der Waals surface area contributed by atoms with Gasteiger partial charge in [-0.25, -0.2) is 0 Å². The summed E-state index contributed by atoms with van der Waals surface area (Å²) >= 11 is 0. The Morgan fingerprint density at radius 1 is 1.22 bits per heavy atom. The zero-order valence-electron chi connectivity index (χ0n) is 11.3. The van der Waals surface area contributed by atoms with Crippen molar-refractivity contribution in [2.45, 2.75) is 51.6 Å². The predicted molar refractivity (Wildman–Crippen MR) is 70.2 cm³/mol. The van der Waals surface area contributed by atoms with Gasteiger partial charge in [-0.15, -0.1) is 10.2 Å². The van der Waals surface area contributed by atoms with Gasteiger partial charge in [0.15, 0.2) is 0 Å². The number of aliphatic hydroxyl groups is 1. The lowest BCUT2D eigenvalue weighted by atomic mass is 10.1. The molecule has 5 heteroatoms. The maximum absolute atomic E-state index is 8.74. The van der Waals surface area contributed by atoms with Crippen molar-refractivity contribution in [2.24, 2.45) is 0 Å². The van der Waals surface area contributed by atoms with E-state index in [1.807, 2.05) is 0 Å². The first-order valence-corrected chi connectivity index (χ1v) is 7.01. The van der Waals surface area contributed by atoms with Gasteiger partial charge in [0, 0.05) is 19.6 Å². The third-order valence-corrected chi connectivity index (χ3v) is 3.55. The molecule has 0 aromatic carbocycles. The number of fused-ring (bicyclic) bond motifs is 1. The topological polar surface area (TPSA) is 54.2 Å². The zero-order chi connectivity index (χ0) is 12.8. The third kappa shape index (κ3) is 3.53. The van der Waals surface area contributed by atoms with Gasteiger partial charge in [0.25, 0.3) is 0 Å². The van der Waals surface area contributed by atoms with E-state index in [0.717, 1.165) is 57.0 Å². The molecule has 0 spiro atoms. The molecule has 0 unspecified atom stereocenters. The Balaban J connectivity index is 1.80. The van der Waals surface area contributed by atoms with Crippen molar-refractivity contribution in [1.82, 2.24) is 19.7 Å². The number of aryl methyl sites for hydroxylation is 1. The largest absolute Gasteiger partial charge is 0.396 e. The van der Waals surface area contributed by atoms with Gasteiger partial charge in [-0.05, 0) is 45.7 Å². The van der Waals surface area contributed by atoms with Crippen LogP contribution in [0.25, 0.3) is 0 Å². The van der Waals surface area contributed by atoms with Gasteiger partial charge < -0.3 is 9.67 Å². The van der Waals surface area contributed by atoms with E-state index < -0.39 is 0 Å². The highest BCUT2D eigenvalue weighted by Crippen LogP contribution is 2.15. The van der Waals surface area contributed by atoms with E-state index in [2.05, 4.69) is 26.7 Å². The smallest absolute Gasteiger partial charge is 0.147 e. The maximum Gasteiger partial charge on any atom is 0.147 e. The van der Waals surface area contributed by atoms with E-state index in [-0.39, 0.29) is 0 Å².